The van der Waals surface area contributed by atoms with Crippen LogP contribution >= 0.6 is 0 Å². The van der Waals surface area contributed by atoms with Crippen LogP contribution < -0.4 is 9.47 Å². The van der Waals surface area contributed by atoms with Crippen LogP contribution in [0, 0.1) is 6.92 Å². The molecular formula is C20H29NO7. The highest BCUT2D eigenvalue weighted by molar-refractivity contribution is 5.90. The zero-order valence-corrected chi connectivity index (χ0v) is 17.4. The van der Waals surface area contributed by atoms with E-state index in [0.717, 1.165) is 5.56 Å². The van der Waals surface area contributed by atoms with Crippen molar-refractivity contribution in [1.82, 2.24) is 4.90 Å². The maximum atomic E-state index is 12.4. The molecule has 0 aliphatic carbocycles. The van der Waals surface area contributed by atoms with Gasteiger partial charge in [-0.05, 0) is 39.8 Å². The summed E-state index contributed by atoms with van der Waals surface area (Å²) in [4.78, 5) is 26.2. The summed E-state index contributed by atoms with van der Waals surface area (Å²) in [6.45, 7) is 8.39. The fourth-order valence-corrected chi connectivity index (χ4v) is 2.77. The van der Waals surface area contributed by atoms with Crippen molar-refractivity contribution in [2.45, 2.75) is 39.4 Å². The Morgan fingerprint density at radius 3 is 2.32 bits per heavy atom. The third-order valence-electron chi connectivity index (χ3n) is 4.18. The third kappa shape index (κ3) is 5.76. The molecule has 0 spiro atoms. The largest absolute Gasteiger partial charge is 0.496 e. The summed E-state index contributed by atoms with van der Waals surface area (Å²) >= 11 is 0. The topological polar surface area (TPSA) is 83.5 Å². The Balaban J connectivity index is 1.96. The summed E-state index contributed by atoms with van der Waals surface area (Å²) in [6, 6.07) is 3.21. The molecule has 0 radical (unpaired) electrons. The predicted octanol–water partition coefficient (Wildman–Crippen LogP) is 2.80. The van der Waals surface area contributed by atoms with Gasteiger partial charge in [-0.2, -0.15) is 0 Å². The number of nitrogens with zero attached hydrogens (tertiary/aromatic N) is 1. The van der Waals surface area contributed by atoms with Gasteiger partial charge in [-0.1, -0.05) is 0 Å². The molecule has 28 heavy (non-hydrogen) atoms. The quantitative estimate of drug-likeness (QED) is 0.709. The molecular weight excluding hydrogens is 366 g/mol. The maximum absolute atomic E-state index is 12.4. The third-order valence-corrected chi connectivity index (χ3v) is 4.18. The molecule has 1 aromatic carbocycles. The van der Waals surface area contributed by atoms with Crippen LogP contribution in [0.15, 0.2) is 12.1 Å². The van der Waals surface area contributed by atoms with Crippen molar-refractivity contribution in [2.75, 3.05) is 40.5 Å². The van der Waals surface area contributed by atoms with E-state index in [4.69, 9.17) is 23.7 Å². The molecule has 0 saturated carbocycles. The molecule has 1 amide bonds. The lowest BCUT2D eigenvalue weighted by molar-refractivity contribution is -0.0638. The number of carbonyl (C=O) groups is 2. The summed E-state index contributed by atoms with van der Waals surface area (Å²) in [5.74, 6) is 0.558. The van der Waals surface area contributed by atoms with Crippen LogP contribution in [-0.4, -0.2) is 69.2 Å². The van der Waals surface area contributed by atoms with E-state index in [-0.39, 0.29) is 6.61 Å². The van der Waals surface area contributed by atoms with E-state index in [1.165, 1.54) is 14.2 Å². The summed E-state index contributed by atoms with van der Waals surface area (Å²) in [5, 5.41) is 0. The van der Waals surface area contributed by atoms with Gasteiger partial charge in [0.25, 0.3) is 0 Å². The van der Waals surface area contributed by atoms with Gasteiger partial charge in [0.1, 0.15) is 29.8 Å². The van der Waals surface area contributed by atoms with Crippen LogP contribution in [0.25, 0.3) is 0 Å². The highest BCUT2D eigenvalue weighted by atomic mass is 16.6. The van der Waals surface area contributed by atoms with Crippen molar-refractivity contribution in [3.05, 3.63) is 23.3 Å². The Hall–Kier alpha value is -2.48. The van der Waals surface area contributed by atoms with Crippen molar-refractivity contribution in [3.63, 3.8) is 0 Å². The molecule has 0 bridgehead atoms. The Kier molecular flexibility index (Phi) is 7.12. The molecule has 0 aromatic heterocycles. The second-order valence-corrected chi connectivity index (χ2v) is 7.52. The average Bonchev–Trinajstić information content (AvgIpc) is 2.65. The smallest absolute Gasteiger partial charge is 0.410 e. The van der Waals surface area contributed by atoms with Gasteiger partial charge in [0.05, 0.1) is 32.9 Å². The first-order chi connectivity index (χ1) is 13.1. The fraction of sp³-hybridized carbons (Fsp3) is 0.600. The lowest BCUT2D eigenvalue weighted by atomic mass is 10.1. The number of hydrogen-bond donors (Lipinski definition) is 0. The van der Waals surface area contributed by atoms with Crippen LogP contribution in [-0.2, 0) is 14.2 Å². The number of methoxy groups -OCH3 is 2. The minimum atomic E-state index is -0.569. The Bertz CT molecular complexity index is 686. The highest BCUT2D eigenvalue weighted by Gasteiger charge is 2.29. The lowest BCUT2D eigenvalue weighted by Gasteiger charge is -2.33. The summed E-state index contributed by atoms with van der Waals surface area (Å²) in [7, 11) is 3.05. The van der Waals surface area contributed by atoms with Gasteiger partial charge in [-0.25, -0.2) is 9.59 Å². The van der Waals surface area contributed by atoms with Gasteiger partial charge < -0.3 is 28.6 Å². The first kappa shape index (κ1) is 21.8. The molecule has 8 heteroatoms. The van der Waals surface area contributed by atoms with Gasteiger partial charge >= 0.3 is 12.1 Å². The zero-order valence-electron chi connectivity index (χ0n) is 17.4. The SMILES string of the molecule is COc1cc(C(=O)OCC2CN(C(=O)OC(C)(C)C)CCO2)cc(OC)c1C. The lowest BCUT2D eigenvalue weighted by Crippen LogP contribution is -2.49. The van der Waals surface area contributed by atoms with Crippen LogP contribution in [0.5, 0.6) is 11.5 Å². The van der Waals surface area contributed by atoms with E-state index in [2.05, 4.69) is 0 Å². The number of carbonyl (C=O) groups excluding carboxylic acids is 2. The van der Waals surface area contributed by atoms with Gasteiger partial charge in [0.2, 0.25) is 0 Å². The molecule has 1 heterocycles. The van der Waals surface area contributed by atoms with Crippen LogP contribution in [0.1, 0.15) is 36.7 Å². The molecule has 1 atom stereocenters. The van der Waals surface area contributed by atoms with Crippen LogP contribution in [0.4, 0.5) is 4.79 Å². The number of hydrogen-bond acceptors (Lipinski definition) is 7. The standard InChI is InChI=1S/C20H29NO7/c1-13-16(24-5)9-14(10-17(13)25-6)18(22)27-12-15-11-21(7-8-26-15)19(23)28-20(2,3)4/h9-10,15H,7-8,11-12H2,1-6H3. The van der Waals surface area contributed by atoms with E-state index in [0.29, 0.717) is 36.8 Å². The van der Waals surface area contributed by atoms with Crippen molar-refractivity contribution >= 4 is 12.1 Å². The molecule has 1 fully saturated rings. The van der Waals surface area contributed by atoms with E-state index >= 15 is 0 Å². The zero-order chi connectivity index (χ0) is 20.9. The molecule has 1 unspecified atom stereocenters. The molecule has 1 aromatic rings. The summed E-state index contributed by atoms with van der Waals surface area (Å²) in [6.07, 6.45) is -0.820. The number of rotatable bonds is 5. The minimum absolute atomic E-state index is 0.0244. The normalized spacial score (nSPS) is 17.1. The highest BCUT2D eigenvalue weighted by Crippen LogP contribution is 2.29. The van der Waals surface area contributed by atoms with E-state index in [1.54, 1.807) is 17.0 Å². The molecule has 0 N–H and O–H groups in total. The van der Waals surface area contributed by atoms with Crippen molar-refractivity contribution in [3.8, 4) is 11.5 Å². The van der Waals surface area contributed by atoms with Crippen molar-refractivity contribution < 1.29 is 33.3 Å². The maximum Gasteiger partial charge on any atom is 0.410 e. The van der Waals surface area contributed by atoms with E-state index in [9.17, 15) is 9.59 Å². The van der Waals surface area contributed by atoms with Gasteiger partial charge in [0, 0.05) is 12.1 Å². The van der Waals surface area contributed by atoms with Gasteiger partial charge in [-0.15, -0.1) is 0 Å². The van der Waals surface area contributed by atoms with Crippen LogP contribution in [0.2, 0.25) is 0 Å². The predicted molar refractivity (Wildman–Crippen MR) is 102 cm³/mol. The minimum Gasteiger partial charge on any atom is -0.496 e. The second-order valence-electron chi connectivity index (χ2n) is 7.52. The molecule has 2 rings (SSSR count). The molecule has 1 aliphatic heterocycles. The van der Waals surface area contributed by atoms with Gasteiger partial charge in [0.15, 0.2) is 0 Å². The number of benzene rings is 1. The Labute approximate surface area is 165 Å². The van der Waals surface area contributed by atoms with Gasteiger partial charge in [-0.3, -0.25) is 0 Å². The number of esters is 1. The summed E-state index contributed by atoms with van der Waals surface area (Å²) < 4.78 is 26.9. The number of ether oxygens (including phenoxy) is 5. The molecule has 1 aliphatic rings. The Morgan fingerprint density at radius 2 is 1.79 bits per heavy atom. The first-order valence-corrected chi connectivity index (χ1v) is 9.14. The molecule has 1 saturated heterocycles. The molecule has 156 valence electrons. The number of amides is 1. The van der Waals surface area contributed by atoms with E-state index < -0.39 is 23.8 Å². The fourth-order valence-electron chi connectivity index (χ4n) is 2.77. The average molecular weight is 395 g/mol. The van der Waals surface area contributed by atoms with Crippen molar-refractivity contribution in [2.24, 2.45) is 0 Å². The Morgan fingerprint density at radius 1 is 1.18 bits per heavy atom. The van der Waals surface area contributed by atoms with E-state index in [1.807, 2.05) is 27.7 Å². The summed E-state index contributed by atoms with van der Waals surface area (Å²) in [5.41, 5.74) is 0.547. The number of morpholine rings is 1. The first-order valence-electron chi connectivity index (χ1n) is 9.14. The monoisotopic (exact) mass is 395 g/mol. The molecule has 8 nitrogen and oxygen atoms in total. The second kappa shape index (κ2) is 9.14. The van der Waals surface area contributed by atoms with Crippen molar-refractivity contribution in [1.29, 1.82) is 0 Å². The van der Waals surface area contributed by atoms with Crippen LogP contribution in [0.3, 0.4) is 0 Å².